The lowest BCUT2D eigenvalue weighted by Crippen LogP contribution is -2.44. The molecule has 6 nitrogen and oxygen atoms in total. The Balaban J connectivity index is 0.00000182. The Kier molecular flexibility index (Phi) is 4.76. The van der Waals surface area contributed by atoms with Gasteiger partial charge < -0.3 is 19.9 Å². The van der Waals surface area contributed by atoms with Crippen LogP contribution < -0.4 is 15.6 Å². The van der Waals surface area contributed by atoms with E-state index >= 15 is 0 Å². The third kappa shape index (κ3) is 2.71. The molecule has 2 aromatic rings. The lowest BCUT2D eigenvalue weighted by atomic mass is 10.0. The predicted octanol–water partition coefficient (Wildman–Crippen LogP) is 1.98. The van der Waals surface area contributed by atoms with E-state index in [1.165, 1.54) is 12.3 Å². The van der Waals surface area contributed by atoms with Gasteiger partial charge in [-0.25, -0.2) is 9.18 Å². The van der Waals surface area contributed by atoms with Gasteiger partial charge in [-0.05, 0) is 19.4 Å². The predicted molar refractivity (Wildman–Crippen MR) is 104 cm³/mol. The molecule has 2 N–H and O–H groups in total. The normalized spacial score (nSPS) is 19.1. The van der Waals surface area contributed by atoms with Crippen molar-refractivity contribution in [1.29, 1.82) is 0 Å². The Labute approximate surface area is 160 Å². The van der Waals surface area contributed by atoms with Gasteiger partial charge in [-0.15, -0.1) is 24.0 Å². The molecule has 1 aromatic heterocycles. The molecule has 0 aliphatic carbocycles. The van der Waals surface area contributed by atoms with Crippen molar-refractivity contribution in [3.8, 4) is 0 Å². The fraction of sp³-hybridized carbons (Fsp3) is 0.412. The molecular formula is C17H19FIN3O3. The van der Waals surface area contributed by atoms with Gasteiger partial charge in [0.1, 0.15) is 11.4 Å². The van der Waals surface area contributed by atoms with E-state index < -0.39 is 17.2 Å². The Morgan fingerprint density at radius 1 is 1.36 bits per heavy atom. The van der Waals surface area contributed by atoms with Crippen LogP contribution in [0.5, 0.6) is 0 Å². The summed E-state index contributed by atoms with van der Waals surface area (Å²) in [6.07, 6.45) is 1.99. The van der Waals surface area contributed by atoms with Crippen LogP contribution in [0.3, 0.4) is 0 Å². The number of nitrogens with one attached hydrogen (secondary N) is 1. The summed E-state index contributed by atoms with van der Waals surface area (Å²) >= 11 is 0. The zero-order chi connectivity index (χ0) is 17.0. The molecule has 3 heterocycles. The number of benzene rings is 1. The van der Waals surface area contributed by atoms with E-state index in [-0.39, 0.29) is 41.0 Å². The monoisotopic (exact) mass is 459 g/mol. The van der Waals surface area contributed by atoms with Crippen LogP contribution in [0.4, 0.5) is 10.1 Å². The van der Waals surface area contributed by atoms with Crippen LogP contribution in [0.15, 0.2) is 17.1 Å². The highest BCUT2D eigenvalue weighted by atomic mass is 127. The summed E-state index contributed by atoms with van der Waals surface area (Å²) < 4.78 is 16.7. The van der Waals surface area contributed by atoms with E-state index in [2.05, 4.69) is 5.32 Å². The molecule has 1 unspecified atom stereocenters. The highest BCUT2D eigenvalue weighted by Gasteiger charge is 2.30. The molecular weight excluding hydrogens is 440 g/mol. The first-order valence-electron chi connectivity index (χ1n) is 8.08. The number of pyridine rings is 1. The zero-order valence-corrected chi connectivity index (χ0v) is 16.0. The summed E-state index contributed by atoms with van der Waals surface area (Å²) in [5.74, 6) is -1.72. The lowest BCUT2D eigenvalue weighted by Gasteiger charge is -2.31. The average molecular weight is 459 g/mol. The van der Waals surface area contributed by atoms with Crippen molar-refractivity contribution in [2.75, 3.05) is 31.1 Å². The highest BCUT2D eigenvalue weighted by Crippen LogP contribution is 2.39. The molecule has 0 spiro atoms. The number of piperazine rings is 1. The van der Waals surface area contributed by atoms with Crippen molar-refractivity contribution in [3.05, 3.63) is 39.4 Å². The summed E-state index contributed by atoms with van der Waals surface area (Å²) in [5.41, 5.74) is 1.12. The van der Waals surface area contributed by atoms with Gasteiger partial charge in [-0.2, -0.15) is 0 Å². The van der Waals surface area contributed by atoms with Gasteiger partial charge in [0.25, 0.3) is 0 Å². The van der Waals surface area contributed by atoms with Crippen LogP contribution in [-0.4, -0.2) is 41.8 Å². The summed E-state index contributed by atoms with van der Waals surface area (Å²) in [6, 6.07) is 1.20. The Morgan fingerprint density at radius 2 is 2.04 bits per heavy atom. The fourth-order valence-corrected chi connectivity index (χ4v) is 3.88. The first-order chi connectivity index (χ1) is 11.5. The van der Waals surface area contributed by atoms with Crippen LogP contribution in [0, 0.1) is 5.82 Å². The minimum absolute atomic E-state index is 0. The number of hydrogen-bond acceptors (Lipinski definition) is 4. The number of carboxylic acids is 1. The largest absolute Gasteiger partial charge is 0.477 e. The summed E-state index contributed by atoms with van der Waals surface area (Å²) in [5, 5.41) is 12.7. The van der Waals surface area contributed by atoms with Crippen LogP contribution in [0.2, 0.25) is 0 Å². The smallest absolute Gasteiger partial charge is 0.341 e. The maximum absolute atomic E-state index is 14.9. The van der Waals surface area contributed by atoms with E-state index in [0.717, 1.165) is 18.7 Å². The molecule has 1 aromatic carbocycles. The quantitative estimate of drug-likeness (QED) is 0.673. The second-order valence-corrected chi connectivity index (χ2v) is 6.46. The molecule has 1 saturated heterocycles. The van der Waals surface area contributed by atoms with Gasteiger partial charge in [-0.3, -0.25) is 4.79 Å². The van der Waals surface area contributed by atoms with Crippen molar-refractivity contribution >= 4 is 46.5 Å². The SMILES string of the molecule is CC1Cc2c(N3CCNCC3)c(F)cc3c(=O)c(C(=O)O)cn1c23.I. The van der Waals surface area contributed by atoms with E-state index in [4.69, 9.17) is 0 Å². The van der Waals surface area contributed by atoms with Crippen LogP contribution in [0.25, 0.3) is 10.9 Å². The van der Waals surface area contributed by atoms with Crippen LogP contribution >= 0.6 is 24.0 Å². The van der Waals surface area contributed by atoms with E-state index in [1.54, 1.807) is 4.57 Å². The first kappa shape index (κ1) is 18.1. The molecule has 4 rings (SSSR count). The van der Waals surface area contributed by atoms with Gasteiger partial charge in [0.15, 0.2) is 0 Å². The van der Waals surface area contributed by atoms with Crippen molar-refractivity contribution < 1.29 is 14.3 Å². The first-order valence-corrected chi connectivity index (χ1v) is 8.08. The summed E-state index contributed by atoms with van der Waals surface area (Å²) in [7, 11) is 0. The maximum Gasteiger partial charge on any atom is 0.341 e. The van der Waals surface area contributed by atoms with Crippen molar-refractivity contribution in [2.24, 2.45) is 0 Å². The lowest BCUT2D eigenvalue weighted by molar-refractivity contribution is 0.0694. The number of halogens is 2. The van der Waals surface area contributed by atoms with Crippen LogP contribution in [-0.2, 0) is 6.42 Å². The van der Waals surface area contributed by atoms with Crippen molar-refractivity contribution in [1.82, 2.24) is 9.88 Å². The van der Waals surface area contributed by atoms with Gasteiger partial charge >= 0.3 is 5.97 Å². The third-order valence-electron chi connectivity index (χ3n) is 4.98. The Bertz CT molecular complexity index is 922. The maximum atomic E-state index is 14.9. The van der Waals surface area contributed by atoms with Gasteiger partial charge in [0.05, 0.1) is 11.2 Å². The fourth-order valence-electron chi connectivity index (χ4n) is 3.88. The summed E-state index contributed by atoms with van der Waals surface area (Å²) in [4.78, 5) is 25.8. The van der Waals surface area contributed by atoms with E-state index in [1.807, 2.05) is 11.8 Å². The number of carboxylic acid groups (broad SMARTS) is 1. The zero-order valence-electron chi connectivity index (χ0n) is 13.7. The number of nitrogens with zero attached hydrogens (tertiary/aromatic N) is 2. The van der Waals surface area contributed by atoms with Gasteiger partial charge in [0.2, 0.25) is 5.43 Å². The second kappa shape index (κ2) is 6.56. The standard InChI is InChI=1S/C17H18FN3O3.HI/c1-9-6-10-14-11(16(22)12(17(23)24)8-21(9)14)7-13(18)15(10)20-4-2-19-3-5-20;/h7-9,19H,2-6H2,1H3,(H,23,24);1H. The molecule has 0 bridgehead atoms. The number of carbonyl (C=O) groups is 1. The second-order valence-electron chi connectivity index (χ2n) is 6.46. The molecule has 0 amide bonds. The Hall–Kier alpha value is -1.68. The highest BCUT2D eigenvalue weighted by molar-refractivity contribution is 14.0. The number of anilines is 1. The summed E-state index contributed by atoms with van der Waals surface area (Å²) in [6.45, 7) is 4.95. The van der Waals surface area contributed by atoms with E-state index in [9.17, 15) is 19.1 Å². The molecule has 0 radical (unpaired) electrons. The number of hydrogen-bond donors (Lipinski definition) is 2. The van der Waals surface area contributed by atoms with Gasteiger partial charge in [-0.1, -0.05) is 0 Å². The molecule has 134 valence electrons. The molecule has 1 atom stereocenters. The van der Waals surface area contributed by atoms with Crippen molar-refractivity contribution in [2.45, 2.75) is 19.4 Å². The molecule has 25 heavy (non-hydrogen) atoms. The van der Waals surface area contributed by atoms with Crippen molar-refractivity contribution in [3.63, 3.8) is 0 Å². The molecule has 2 aliphatic heterocycles. The minimum Gasteiger partial charge on any atom is -0.477 e. The topological polar surface area (TPSA) is 74.6 Å². The number of rotatable bonds is 2. The van der Waals surface area contributed by atoms with E-state index in [0.29, 0.717) is 30.7 Å². The number of aromatic carboxylic acids is 1. The minimum atomic E-state index is -1.28. The molecule has 2 aliphatic rings. The van der Waals surface area contributed by atoms with Gasteiger partial charge in [0, 0.05) is 49.4 Å². The molecule has 0 saturated carbocycles. The molecule has 1 fully saturated rings. The molecule has 8 heteroatoms. The average Bonchev–Trinajstić information content (AvgIpc) is 2.87. The Morgan fingerprint density at radius 3 is 2.68 bits per heavy atom. The van der Waals surface area contributed by atoms with Crippen LogP contribution in [0.1, 0.15) is 28.9 Å². The third-order valence-corrected chi connectivity index (χ3v) is 4.98. The number of aromatic nitrogens is 1.